The number of hydrogen-bond acceptors (Lipinski definition) is 3. The van der Waals surface area contributed by atoms with Crippen LogP contribution in [0.2, 0.25) is 5.02 Å². The Bertz CT molecular complexity index is 520. The summed E-state index contributed by atoms with van der Waals surface area (Å²) in [5.74, 6) is 0. The highest BCUT2D eigenvalue weighted by molar-refractivity contribution is 7.80. The lowest BCUT2D eigenvalue weighted by molar-refractivity contribution is 0.273. The number of hydrogen-bond donors (Lipinski definition) is 1. The Morgan fingerprint density at radius 2 is 2.05 bits per heavy atom. The highest BCUT2D eigenvalue weighted by Gasteiger charge is 2.29. The zero-order chi connectivity index (χ0) is 14.1. The van der Waals surface area contributed by atoms with Gasteiger partial charge in [0.1, 0.15) is 4.99 Å². The fourth-order valence-corrected chi connectivity index (χ4v) is 3.74. The molecule has 0 saturated carbocycles. The van der Waals surface area contributed by atoms with Crippen LogP contribution in [0.25, 0.3) is 0 Å². The van der Waals surface area contributed by atoms with Crippen LogP contribution in [0.4, 0.5) is 5.69 Å². The van der Waals surface area contributed by atoms with E-state index in [0.29, 0.717) is 11.0 Å². The Balaban J connectivity index is 1.91. The van der Waals surface area contributed by atoms with Gasteiger partial charge < -0.3 is 10.6 Å². The molecule has 3 nitrogen and oxygen atoms in total. The normalized spacial score (nSPS) is 23.4. The molecule has 1 aromatic carbocycles. The van der Waals surface area contributed by atoms with Gasteiger partial charge in [0.25, 0.3) is 0 Å². The first-order chi connectivity index (χ1) is 9.65. The molecule has 2 aliphatic heterocycles. The summed E-state index contributed by atoms with van der Waals surface area (Å²) in [5, 5.41) is 0.743. The van der Waals surface area contributed by atoms with Crippen molar-refractivity contribution in [3.05, 3.63) is 28.8 Å². The van der Waals surface area contributed by atoms with Crippen molar-refractivity contribution >= 4 is 34.5 Å². The summed E-state index contributed by atoms with van der Waals surface area (Å²) < 4.78 is 0. The van der Waals surface area contributed by atoms with E-state index in [9.17, 15) is 0 Å². The standard InChI is InChI=1S/C15H20ClN3S/c16-11-4-5-13(15(17)20)14(9-11)19-8-2-7-18-6-1-3-12(18)10-19/h4-5,9,12H,1-3,6-8,10H2,(H2,17,20). The van der Waals surface area contributed by atoms with Crippen LogP contribution < -0.4 is 10.6 Å². The van der Waals surface area contributed by atoms with E-state index in [4.69, 9.17) is 29.6 Å². The second kappa shape index (κ2) is 5.88. The van der Waals surface area contributed by atoms with Crippen LogP contribution in [0.1, 0.15) is 24.8 Å². The van der Waals surface area contributed by atoms with Gasteiger partial charge >= 0.3 is 0 Å². The van der Waals surface area contributed by atoms with Crippen molar-refractivity contribution in [2.24, 2.45) is 5.73 Å². The highest BCUT2D eigenvalue weighted by Crippen LogP contribution is 2.29. The average Bonchev–Trinajstić information content (AvgIpc) is 2.75. The second-order valence-corrected chi connectivity index (χ2v) is 6.53. The summed E-state index contributed by atoms with van der Waals surface area (Å²) in [6.07, 6.45) is 3.79. The first-order valence-corrected chi connectivity index (χ1v) is 8.02. The first kappa shape index (κ1) is 14.1. The molecule has 20 heavy (non-hydrogen) atoms. The summed E-state index contributed by atoms with van der Waals surface area (Å²) in [5.41, 5.74) is 7.91. The smallest absolute Gasteiger partial charge is 0.106 e. The minimum Gasteiger partial charge on any atom is -0.389 e. The zero-order valence-electron chi connectivity index (χ0n) is 11.5. The summed E-state index contributed by atoms with van der Waals surface area (Å²) >= 11 is 11.4. The maximum atomic E-state index is 6.17. The van der Waals surface area contributed by atoms with Gasteiger partial charge in [-0.3, -0.25) is 4.90 Å². The highest BCUT2D eigenvalue weighted by atomic mass is 35.5. The molecule has 2 saturated heterocycles. The maximum Gasteiger partial charge on any atom is 0.106 e. The summed E-state index contributed by atoms with van der Waals surface area (Å²) in [6, 6.07) is 6.47. The Labute approximate surface area is 130 Å². The second-order valence-electron chi connectivity index (χ2n) is 5.66. The summed E-state index contributed by atoms with van der Waals surface area (Å²) in [7, 11) is 0. The number of nitrogens with zero attached hydrogens (tertiary/aromatic N) is 2. The van der Waals surface area contributed by atoms with Crippen molar-refractivity contribution in [1.82, 2.24) is 4.90 Å². The largest absolute Gasteiger partial charge is 0.389 e. The predicted molar refractivity (Wildman–Crippen MR) is 88.8 cm³/mol. The number of fused-ring (bicyclic) bond motifs is 1. The number of nitrogens with two attached hydrogens (primary N) is 1. The van der Waals surface area contributed by atoms with E-state index in [-0.39, 0.29) is 0 Å². The molecular formula is C15H20ClN3S. The molecule has 2 N–H and O–H groups in total. The topological polar surface area (TPSA) is 32.5 Å². The van der Waals surface area contributed by atoms with Gasteiger partial charge in [0.05, 0.1) is 0 Å². The molecule has 2 fully saturated rings. The molecule has 0 radical (unpaired) electrons. The van der Waals surface area contributed by atoms with E-state index in [1.165, 1.54) is 32.4 Å². The van der Waals surface area contributed by atoms with E-state index < -0.39 is 0 Å². The molecule has 1 aromatic rings. The minimum atomic E-state index is 0.448. The monoisotopic (exact) mass is 309 g/mol. The minimum absolute atomic E-state index is 0.448. The lowest BCUT2D eigenvalue weighted by Crippen LogP contribution is -2.37. The molecule has 2 aliphatic rings. The third-order valence-corrected chi connectivity index (χ3v) is 4.82. The van der Waals surface area contributed by atoms with Crippen LogP contribution in [-0.2, 0) is 0 Å². The van der Waals surface area contributed by atoms with Crippen molar-refractivity contribution < 1.29 is 0 Å². The molecule has 3 rings (SSSR count). The molecule has 0 spiro atoms. The first-order valence-electron chi connectivity index (χ1n) is 7.23. The molecule has 2 heterocycles. The molecule has 1 unspecified atom stereocenters. The van der Waals surface area contributed by atoms with E-state index >= 15 is 0 Å². The van der Waals surface area contributed by atoms with Crippen LogP contribution in [-0.4, -0.2) is 42.1 Å². The van der Waals surface area contributed by atoms with Gasteiger partial charge in [-0.05, 0) is 44.0 Å². The van der Waals surface area contributed by atoms with Crippen molar-refractivity contribution in [3.8, 4) is 0 Å². The molecule has 0 amide bonds. The van der Waals surface area contributed by atoms with Crippen molar-refractivity contribution in [2.45, 2.75) is 25.3 Å². The quantitative estimate of drug-likeness (QED) is 0.851. The van der Waals surface area contributed by atoms with E-state index in [1.807, 2.05) is 18.2 Å². The third kappa shape index (κ3) is 2.78. The van der Waals surface area contributed by atoms with Gasteiger partial charge in [0.2, 0.25) is 0 Å². The molecule has 1 atom stereocenters. The van der Waals surface area contributed by atoms with Gasteiger partial charge in [-0.15, -0.1) is 0 Å². The van der Waals surface area contributed by atoms with E-state index in [2.05, 4.69) is 9.80 Å². The molecular weight excluding hydrogens is 290 g/mol. The number of anilines is 1. The number of benzene rings is 1. The summed E-state index contributed by atoms with van der Waals surface area (Å²) in [4.78, 5) is 5.48. The Morgan fingerprint density at radius 3 is 2.85 bits per heavy atom. The van der Waals surface area contributed by atoms with Gasteiger partial charge in [0.15, 0.2) is 0 Å². The van der Waals surface area contributed by atoms with Gasteiger partial charge in [-0.2, -0.15) is 0 Å². The lowest BCUT2D eigenvalue weighted by Gasteiger charge is -2.29. The van der Waals surface area contributed by atoms with Crippen LogP contribution in [0.15, 0.2) is 18.2 Å². The fourth-order valence-electron chi connectivity index (χ4n) is 3.40. The number of halogens is 1. The van der Waals surface area contributed by atoms with Crippen LogP contribution in [0.5, 0.6) is 0 Å². The van der Waals surface area contributed by atoms with Gasteiger partial charge in [0, 0.05) is 41.9 Å². The Morgan fingerprint density at radius 1 is 1.25 bits per heavy atom. The molecule has 0 aromatic heterocycles. The predicted octanol–water partition coefficient (Wildman–Crippen LogP) is 2.65. The lowest BCUT2D eigenvalue weighted by atomic mass is 10.1. The number of thiocarbonyl (C=S) groups is 1. The van der Waals surface area contributed by atoms with Gasteiger partial charge in [-0.25, -0.2) is 0 Å². The molecule has 5 heteroatoms. The third-order valence-electron chi connectivity index (χ3n) is 4.37. The van der Waals surface area contributed by atoms with E-state index in [1.54, 1.807) is 0 Å². The van der Waals surface area contributed by atoms with Crippen molar-refractivity contribution in [3.63, 3.8) is 0 Å². The van der Waals surface area contributed by atoms with E-state index in [0.717, 1.165) is 29.4 Å². The average molecular weight is 310 g/mol. The Kier molecular flexibility index (Phi) is 4.15. The molecule has 0 aliphatic carbocycles. The fraction of sp³-hybridized carbons (Fsp3) is 0.533. The molecule has 0 bridgehead atoms. The van der Waals surface area contributed by atoms with Crippen LogP contribution in [0, 0.1) is 0 Å². The van der Waals surface area contributed by atoms with Crippen molar-refractivity contribution in [2.75, 3.05) is 31.1 Å². The maximum absolute atomic E-state index is 6.17. The van der Waals surface area contributed by atoms with Crippen molar-refractivity contribution in [1.29, 1.82) is 0 Å². The Hall–Kier alpha value is -0.840. The van der Waals surface area contributed by atoms with Crippen LogP contribution >= 0.6 is 23.8 Å². The number of rotatable bonds is 2. The van der Waals surface area contributed by atoms with Crippen LogP contribution in [0.3, 0.4) is 0 Å². The zero-order valence-corrected chi connectivity index (χ0v) is 13.1. The summed E-state index contributed by atoms with van der Waals surface area (Å²) in [6.45, 7) is 4.54. The molecule has 108 valence electrons. The van der Waals surface area contributed by atoms with Gasteiger partial charge in [-0.1, -0.05) is 23.8 Å². The SMILES string of the molecule is NC(=S)c1ccc(Cl)cc1N1CCCN2CCCC2C1.